The zero-order valence-electron chi connectivity index (χ0n) is 12.9. The smallest absolute Gasteiger partial charge is 0.307 e. The van der Waals surface area contributed by atoms with Crippen molar-refractivity contribution in [3.05, 3.63) is 34.6 Å². The lowest BCUT2D eigenvalue weighted by Gasteiger charge is -2.35. The molecule has 1 aliphatic carbocycles. The fourth-order valence-corrected chi connectivity index (χ4v) is 3.39. The molecule has 1 saturated carbocycles. The summed E-state index contributed by atoms with van der Waals surface area (Å²) in [7, 11) is 0. The molecule has 0 amide bonds. The van der Waals surface area contributed by atoms with E-state index >= 15 is 0 Å². The lowest BCUT2D eigenvalue weighted by molar-refractivity contribution is -0.162. The van der Waals surface area contributed by atoms with Crippen LogP contribution < -0.4 is 0 Å². The van der Waals surface area contributed by atoms with Gasteiger partial charge in [0.1, 0.15) is 5.82 Å². The number of hydrogen-bond donors (Lipinski definition) is 1. The van der Waals surface area contributed by atoms with Crippen LogP contribution in [-0.2, 0) is 11.3 Å². The van der Waals surface area contributed by atoms with Crippen LogP contribution in [0.5, 0.6) is 0 Å². The third-order valence-electron chi connectivity index (χ3n) is 4.57. The Morgan fingerprint density at radius 1 is 1.38 bits per heavy atom. The fraction of sp³-hybridized carbons (Fsp3) is 0.562. The number of rotatable bonds is 4. The number of nitrogens with zero attached hydrogens (tertiary/aromatic N) is 2. The van der Waals surface area contributed by atoms with Gasteiger partial charge in [0.05, 0.1) is 0 Å². The molecular formula is C16H18ClF3N2O2. The second-order valence-electron chi connectivity index (χ2n) is 6.17. The van der Waals surface area contributed by atoms with Crippen LogP contribution in [-0.4, -0.2) is 34.7 Å². The Kier molecular flexibility index (Phi) is 4.92. The molecule has 0 bridgehead atoms. The predicted molar refractivity (Wildman–Crippen MR) is 83.3 cm³/mol. The maximum Gasteiger partial charge on any atom is 0.307 e. The molecule has 2 atom stereocenters. The summed E-state index contributed by atoms with van der Waals surface area (Å²) in [4.78, 5) is 6.06. The van der Waals surface area contributed by atoms with Crippen LogP contribution >= 0.6 is 11.6 Å². The van der Waals surface area contributed by atoms with Crippen LogP contribution in [0.1, 0.15) is 31.2 Å². The number of alkyl halides is 2. The molecule has 2 unspecified atom stereocenters. The van der Waals surface area contributed by atoms with E-state index in [0.717, 1.165) is 6.42 Å². The molecule has 1 aliphatic heterocycles. The number of hydrogen-bond acceptors (Lipinski definition) is 4. The third kappa shape index (κ3) is 3.47. The Labute approximate surface area is 142 Å². The number of aliphatic hydroxyl groups excluding tert-OH is 1. The van der Waals surface area contributed by atoms with Crippen LogP contribution in [0, 0.1) is 11.7 Å². The molecule has 1 heterocycles. The molecule has 2 aliphatic rings. The summed E-state index contributed by atoms with van der Waals surface area (Å²) in [5, 5.41) is 13.8. The molecule has 1 N–H and O–H groups in total. The van der Waals surface area contributed by atoms with Crippen molar-refractivity contribution < 1.29 is 23.1 Å². The van der Waals surface area contributed by atoms with Gasteiger partial charge >= 0.3 is 6.41 Å². The summed E-state index contributed by atoms with van der Waals surface area (Å²) in [6, 6.07) is 4.27. The van der Waals surface area contributed by atoms with Crippen molar-refractivity contribution in [2.75, 3.05) is 6.54 Å². The zero-order chi connectivity index (χ0) is 17.3. The Morgan fingerprint density at radius 2 is 2.17 bits per heavy atom. The second-order valence-corrected chi connectivity index (χ2v) is 6.58. The van der Waals surface area contributed by atoms with Crippen molar-refractivity contribution in [2.24, 2.45) is 11.1 Å². The van der Waals surface area contributed by atoms with Gasteiger partial charge in [-0.1, -0.05) is 29.2 Å². The van der Waals surface area contributed by atoms with Gasteiger partial charge in [-0.15, -0.1) is 0 Å². The van der Waals surface area contributed by atoms with Crippen LogP contribution in [0.15, 0.2) is 23.4 Å². The van der Waals surface area contributed by atoms with E-state index in [2.05, 4.69) is 5.16 Å². The van der Waals surface area contributed by atoms with Crippen molar-refractivity contribution in [3.63, 3.8) is 0 Å². The summed E-state index contributed by atoms with van der Waals surface area (Å²) in [5.74, 6) is -4.02. The summed E-state index contributed by atoms with van der Waals surface area (Å²) >= 11 is 5.99. The van der Waals surface area contributed by atoms with Gasteiger partial charge < -0.3 is 9.94 Å². The average molecular weight is 363 g/mol. The lowest BCUT2D eigenvalue weighted by Crippen LogP contribution is -2.46. The SMILES string of the molecule is OC1ON=C(Cc2c(F)cccc2Cl)N1CC1CCCCC1(F)F. The highest BCUT2D eigenvalue weighted by Crippen LogP contribution is 2.39. The number of oxime groups is 1. The molecular weight excluding hydrogens is 345 g/mol. The highest BCUT2D eigenvalue weighted by molar-refractivity contribution is 6.31. The summed E-state index contributed by atoms with van der Waals surface area (Å²) in [6.45, 7) is -0.0981. The molecule has 1 aromatic carbocycles. The van der Waals surface area contributed by atoms with E-state index in [1.54, 1.807) is 0 Å². The van der Waals surface area contributed by atoms with E-state index in [-0.39, 0.29) is 35.8 Å². The standard InChI is InChI=1S/C16H18ClF3N2O2/c17-12-5-3-6-13(18)11(12)8-14-21-24-15(23)22(14)9-10-4-1-2-7-16(10,19)20/h3,5-6,10,15,23H,1-2,4,7-9H2. The minimum absolute atomic E-state index is 0.0408. The first-order valence-electron chi connectivity index (χ1n) is 7.86. The van der Waals surface area contributed by atoms with Gasteiger partial charge in [0.15, 0.2) is 5.84 Å². The lowest BCUT2D eigenvalue weighted by atomic mass is 9.85. The Morgan fingerprint density at radius 3 is 2.88 bits per heavy atom. The van der Waals surface area contributed by atoms with Gasteiger partial charge in [0.25, 0.3) is 5.92 Å². The van der Waals surface area contributed by atoms with E-state index in [1.165, 1.54) is 23.1 Å². The summed E-state index contributed by atoms with van der Waals surface area (Å²) < 4.78 is 42.1. The molecule has 1 aromatic rings. The minimum atomic E-state index is -2.79. The van der Waals surface area contributed by atoms with Gasteiger partial charge in [-0.05, 0) is 25.0 Å². The maximum atomic E-state index is 14.1. The molecule has 8 heteroatoms. The third-order valence-corrected chi connectivity index (χ3v) is 4.93. The monoisotopic (exact) mass is 362 g/mol. The van der Waals surface area contributed by atoms with E-state index in [1.807, 2.05) is 0 Å². The molecule has 0 saturated heterocycles. The Balaban J connectivity index is 1.76. The minimum Gasteiger partial charge on any atom is -0.340 e. The van der Waals surface area contributed by atoms with Crippen LogP contribution in [0.2, 0.25) is 5.02 Å². The first-order chi connectivity index (χ1) is 11.4. The number of amidine groups is 1. The average Bonchev–Trinajstić information content (AvgIpc) is 2.86. The second kappa shape index (κ2) is 6.80. The molecule has 4 nitrogen and oxygen atoms in total. The van der Waals surface area contributed by atoms with E-state index in [9.17, 15) is 18.3 Å². The molecule has 132 valence electrons. The number of aliphatic hydroxyl groups is 1. The van der Waals surface area contributed by atoms with Gasteiger partial charge in [0, 0.05) is 35.9 Å². The van der Waals surface area contributed by atoms with E-state index < -0.39 is 24.1 Å². The highest BCUT2D eigenvalue weighted by atomic mass is 35.5. The molecule has 0 aromatic heterocycles. The Bertz CT molecular complexity index is 621. The normalized spacial score (nSPS) is 26.2. The van der Waals surface area contributed by atoms with Crippen molar-refractivity contribution in [2.45, 2.75) is 44.4 Å². The van der Waals surface area contributed by atoms with Crippen molar-refractivity contribution >= 4 is 17.4 Å². The van der Waals surface area contributed by atoms with Crippen LogP contribution in [0.3, 0.4) is 0 Å². The van der Waals surface area contributed by atoms with Crippen LogP contribution in [0.25, 0.3) is 0 Å². The predicted octanol–water partition coefficient (Wildman–Crippen LogP) is 3.77. The number of benzene rings is 1. The summed E-state index contributed by atoms with van der Waals surface area (Å²) in [5.41, 5.74) is 0.191. The van der Waals surface area contributed by atoms with Gasteiger partial charge in [0.2, 0.25) is 0 Å². The first-order valence-corrected chi connectivity index (χ1v) is 8.24. The molecule has 3 rings (SSSR count). The molecule has 24 heavy (non-hydrogen) atoms. The topological polar surface area (TPSA) is 45.1 Å². The van der Waals surface area contributed by atoms with Gasteiger partial charge in [-0.25, -0.2) is 13.2 Å². The quantitative estimate of drug-likeness (QED) is 0.886. The van der Waals surface area contributed by atoms with Crippen molar-refractivity contribution in [1.29, 1.82) is 0 Å². The van der Waals surface area contributed by atoms with Crippen LogP contribution in [0.4, 0.5) is 13.2 Å². The maximum absolute atomic E-state index is 14.1. The van der Waals surface area contributed by atoms with E-state index in [0.29, 0.717) is 12.8 Å². The molecule has 0 radical (unpaired) electrons. The first kappa shape index (κ1) is 17.4. The fourth-order valence-electron chi connectivity index (χ4n) is 3.16. The van der Waals surface area contributed by atoms with E-state index in [4.69, 9.17) is 16.4 Å². The highest BCUT2D eigenvalue weighted by Gasteiger charge is 2.44. The Hall–Kier alpha value is -1.47. The largest absolute Gasteiger partial charge is 0.340 e. The molecule has 1 fully saturated rings. The van der Waals surface area contributed by atoms with Gasteiger partial charge in [-0.3, -0.25) is 4.90 Å². The number of halogens is 4. The van der Waals surface area contributed by atoms with Crippen molar-refractivity contribution in [1.82, 2.24) is 4.90 Å². The van der Waals surface area contributed by atoms with Gasteiger partial charge in [-0.2, -0.15) is 0 Å². The summed E-state index contributed by atoms with van der Waals surface area (Å²) in [6.07, 6.45) is -0.0626. The van der Waals surface area contributed by atoms with Crippen molar-refractivity contribution in [3.8, 4) is 0 Å². The zero-order valence-corrected chi connectivity index (χ0v) is 13.6. The molecule has 0 spiro atoms.